The molecule has 0 aromatic heterocycles. The molecule has 1 heterocycles. The van der Waals surface area contributed by atoms with Crippen LogP contribution in [0.2, 0.25) is 5.02 Å². The maximum absolute atomic E-state index is 11.9. The molecule has 0 spiro atoms. The number of amides is 1. The first kappa shape index (κ1) is 13.7. The molecule has 1 aromatic rings. The van der Waals surface area contributed by atoms with E-state index in [1.807, 2.05) is 0 Å². The predicted molar refractivity (Wildman–Crippen MR) is 69.3 cm³/mol. The molecule has 19 heavy (non-hydrogen) atoms. The van der Waals surface area contributed by atoms with Gasteiger partial charge in [0.2, 0.25) is 0 Å². The largest absolute Gasteiger partial charge is 0.484 e. The Hall–Kier alpha value is -1.75. The average molecular weight is 284 g/mol. The number of nitrogens with zero attached hydrogens (tertiary/aromatic N) is 1. The first-order valence-electron chi connectivity index (χ1n) is 5.98. The van der Waals surface area contributed by atoms with Gasteiger partial charge in [-0.1, -0.05) is 17.7 Å². The van der Waals surface area contributed by atoms with Crippen LogP contribution >= 0.6 is 11.6 Å². The summed E-state index contributed by atoms with van der Waals surface area (Å²) in [7, 11) is 0. The monoisotopic (exact) mass is 283 g/mol. The van der Waals surface area contributed by atoms with E-state index in [9.17, 15) is 9.59 Å². The van der Waals surface area contributed by atoms with E-state index in [1.54, 1.807) is 24.3 Å². The molecular formula is C13H14ClNO4. The van der Waals surface area contributed by atoms with Crippen LogP contribution in [0.5, 0.6) is 5.75 Å². The van der Waals surface area contributed by atoms with Gasteiger partial charge in [0.25, 0.3) is 5.91 Å². The Labute approximate surface area is 115 Å². The second kappa shape index (κ2) is 5.93. The highest BCUT2D eigenvalue weighted by Gasteiger charge is 2.33. The summed E-state index contributed by atoms with van der Waals surface area (Å²) >= 11 is 5.80. The van der Waals surface area contributed by atoms with Crippen LogP contribution in [0.15, 0.2) is 24.3 Å². The molecule has 1 unspecified atom stereocenters. The number of halogens is 1. The number of hydrogen-bond donors (Lipinski definition) is 1. The van der Waals surface area contributed by atoms with Gasteiger partial charge in [-0.15, -0.1) is 0 Å². The number of ether oxygens (including phenoxy) is 1. The summed E-state index contributed by atoms with van der Waals surface area (Å²) in [5.41, 5.74) is 0. The second-order valence-electron chi connectivity index (χ2n) is 4.33. The third kappa shape index (κ3) is 3.38. The SMILES string of the molecule is O=C(O)C1CCCN1C(=O)COc1cccc(Cl)c1. The van der Waals surface area contributed by atoms with Crippen LogP contribution in [0.3, 0.4) is 0 Å². The van der Waals surface area contributed by atoms with Crippen LogP contribution in [0.25, 0.3) is 0 Å². The molecule has 2 rings (SSSR count). The molecule has 1 aromatic carbocycles. The molecule has 1 fully saturated rings. The lowest BCUT2D eigenvalue weighted by molar-refractivity contribution is -0.148. The van der Waals surface area contributed by atoms with Gasteiger partial charge in [-0.3, -0.25) is 4.79 Å². The van der Waals surface area contributed by atoms with Gasteiger partial charge >= 0.3 is 5.97 Å². The fourth-order valence-corrected chi connectivity index (χ4v) is 2.29. The van der Waals surface area contributed by atoms with Crippen LogP contribution in [0.1, 0.15) is 12.8 Å². The van der Waals surface area contributed by atoms with Crippen molar-refractivity contribution in [1.29, 1.82) is 0 Å². The van der Waals surface area contributed by atoms with Gasteiger partial charge in [-0.2, -0.15) is 0 Å². The number of carboxylic acids is 1. The minimum absolute atomic E-state index is 0.176. The number of benzene rings is 1. The third-order valence-corrected chi connectivity index (χ3v) is 3.25. The molecule has 0 bridgehead atoms. The van der Waals surface area contributed by atoms with Crippen molar-refractivity contribution >= 4 is 23.5 Å². The zero-order valence-corrected chi connectivity index (χ0v) is 11.0. The van der Waals surface area contributed by atoms with E-state index in [1.165, 1.54) is 4.90 Å². The molecule has 0 saturated carbocycles. The number of rotatable bonds is 4. The molecule has 0 aliphatic carbocycles. The Balaban J connectivity index is 1.92. The second-order valence-corrected chi connectivity index (χ2v) is 4.77. The van der Waals surface area contributed by atoms with E-state index in [0.717, 1.165) is 0 Å². The number of carbonyl (C=O) groups excluding carboxylic acids is 1. The van der Waals surface area contributed by atoms with Crippen molar-refractivity contribution in [3.8, 4) is 5.75 Å². The molecule has 1 aliphatic rings. The number of likely N-dealkylation sites (tertiary alicyclic amines) is 1. The zero-order chi connectivity index (χ0) is 13.8. The highest BCUT2D eigenvalue weighted by molar-refractivity contribution is 6.30. The summed E-state index contributed by atoms with van der Waals surface area (Å²) in [6, 6.07) is 6.00. The summed E-state index contributed by atoms with van der Waals surface area (Å²) in [6.45, 7) is 0.291. The average Bonchev–Trinajstić information content (AvgIpc) is 2.85. The van der Waals surface area contributed by atoms with Gasteiger partial charge in [-0.25, -0.2) is 4.79 Å². The summed E-state index contributed by atoms with van der Waals surface area (Å²) in [5, 5.41) is 9.52. The maximum atomic E-state index is 11.9. The maximum Gasteiger partial charge on any atom is 0.326 e. The number of hydrogen-bond acceptors (Lipinski definition) is 3. The lowest BCUT2D eigenvalue weighted by Gasteiger charge is -2.21. The quantitative estimate of drug-likeness (QED) is 0.915. The van der Waals surface area contributed by atoms with Crippen LogP contribution in [0, 0.1) is 0 Å². The van der Waals surface area contributed by atoms with Crippen molar-refractivity contribution < 1.29 is 19.4 Å². The van der Waals surface area contributed by atoms with Crippen molar-refractivity contribution in [2.45, 2.75) is 18.9 Å². The Kier molecular flexibility index (Phi) is 4.27. The van der Waals surface area contributed by atoms with E-state index >= 15 is 0 Å². The normalized spacial score (nSPS) is 18.4. The van der Waals surface area contributed by atoms with Crippen molar-refractivity contribution in [3.63, 3.8) is 0 Å². The van der Waals surface area contributed by atoms with Crippen LogP contribution in [0.4, 0.5) is 0 Å². The van der Waals surface area contributed by atoms with Gasteiger partial charge in [0.1, 0.15) is 11.8 Å². The molecule has 102 valence electrons. The van der Waals surface area contributed by atoms with Gasteiger partial charge in [0.05, 0.1) is 0 Å². The fraction of sp³-hybridized carbons (Fsp3) is 0.385. The smallest absolute Gasteiger partial charge is 0.326 e. The van der Waals surface area contributed by atoms with Gasteiger partial charge in [0.15, 0.2) is 6.61 Å². The minimum Gasteiger partial charge on any atom is -0.484 e. The van der Waals surface area contributed by atoms with Gasteiger partial charge in [-0.05, 0) is 31.0 Å². The van der Waals surface area contributed by atoms with E-state index in [2.05, 4.69) is 0 Å². The number of carbonyl (C=O) groups is 2. The Bertz CT molecular complexity index is 491. The predicted octanol–water partition coefficient (Wildman–Crippen LogP) is 1.79. The Morgan fingerprint density at radius 3 is 2.95 bits per heavy atom. The minimum atomic E-state index is -0.964. The lowest BCUT2D eigenvalue weighted by Crippen LogP contribution is -2.42. The van der Waals surface area contributed by atoms with E-state index < -0.39 is 12.0 Å². The first-order valence-corrected chi connectivity index (χ1v) is 6.36. The molecule has 1 amide bonds. The summed E-state index contributed by atoms with van der Waals surface area (Å²) in [4.78, 5) is 24.3. The highest BCUT2D eigenvalue weighted by Crippen LogP contribution is 2.19. The number of aliphatic carboxylic acids is 1. The summed E-state index contributed by atoms with van der Waals surface area (Å²) in [6.07, 6.45) is 1.21. The Morgan fingerprint density at radius 2 is 2.26 bits per heavy atom. The molecule has 1 atom stereocenters. The van der Waals surface area contributed by atoms with E-state index in [0.29, 0.717) is 30.2 Å². The molecule has 0 radical (unpaired) electrons. The topological polar surface area (TPSA) is 66.8 Å². The zero-order valence-electron chi connectivity index (χ0n) is 10.2. The van der Waals surface area contributed by atoms with Crippen LogP contribution in [-0.4, -0.2) is 41.1 Å². The molecule has 1 aliphatic heterocycles. The summed E-state index contributed by atoms with van der Waals surface area (Å²) < 4.78 is 5.32. The van der Waals surface area contributed by atoms with E-state index in [-0.39, 0.29) is 12.5 Å². The van der Waals surface area contributed by atoms with Crippen molar-refractivity contribution in [2.75, 3.05) is 13.2 Å². The Morgan fingerprint density at radius 1 is 1.47 bits per heavy atom. The molecule has 1 saturated heterocycles. The van der Waals surface area contributed by atoms with Crippen molar-refractivity contribution in [1.82, 2.24) is 4.90 Å². The molecule has 1 N–H and O–H groups in total. The molecular weight excluding hydrogens is 270 g/mol. The van der Waals surface area contributed by atoms with Gasteiger partial charge in [0, 0.05) is 11.6 Å². The third-order valence-electron chi connectivity index (χ3n) is 3.02. The van der Waals surface area contributed by atoms with Gasteiger partial charge < -0.3 is 14.7 Å². The molecule has 6 heteroatoms. The highest BCUT2D eigenvalue weighted by atomic mass is 35.5. The molecule has 5 nitrogen and oxygen atoms in total. The standard InChI is InChI=1S/C13H14ClNO4/c14-9-3-1-4-10(7-9)19-8-12(16)15-6-2-5-11(15)13(17)18/h1,3-4,7,11H,2,5-6,8H2,(H,17,18). The van der Waals surface area contributed by atoms with E-state index in [4.69, 9.17) is 21.4 Å². The van der Waals surface area contributed by atoms with Crippen molar-refractivity contribution in [2.24, 2.45) is 0 Å². The first-order chi connectivity index (χ1) is 9.08. The summed E-state index contributed by atoms with van der Waals surface area (Å²) in [5.74, 6) is -0.787. The van der Waals surface area contributed by atoms with Crippen LogP contribution in [-0.2, 0) is 9.59 Å². The van der Waals surface area contributed by atoms with Crippen molar-refractivity contribution in [3.05, 3.63) is 29.3 Å². The number of carboxylic acid groups (broad SMARTS) is 1. The van der Waals surface area contributed by atoms with Crippen LogP contribution < -0.4 is 4.74 Å². The lowest BCUT2D eigenvalue weighted by atomic mass is 10.2. The fourth-order valence-electron chi connectivity index (χ4n) is 2.11.